The molecule has 4 aromatic rings. The molecule has 0 saturated carbocycles. The van der Waals surface area contributed by atoms with Crippen LogP contribution in [0.1, 0.15) is 37.4 Å². The van der Waals surface area contributed by atoms with E-state index >= 15 is 0 Å². The summed E-state index contributed by atoms with van der Waals surface area (Å²) in [6, 6.07) is 25.6. The van der Waals surface area contributed by atoms with Gasteiger partial charge in [-0.05, 0) is 43.2 Å². The molecule has 2 heterocycles. The Morgan fingerprint density at radius 1 is 0.688 bits per heavy atom. The lowest BCUT2D eigenvalue weighted by Gasteiger charge is -2.16. The molecule has 0 unspecified atom stereocenters. The molecule has 1 aliphatic rings. The third-order valence-electron chi connectivity index (χ3n) is 5.85. The zero-order valence-corrected chi connectivity index (χ0v) is 18.0. The fourth-order valence-corrected chi connectivity index (χ4v) is 4.05. The third kappa shape index (κ3) is 3.50. The normalized spacial score (nSPS) is 12.9. The highest BCUT2D eigenvalue weighted by atomic mass is 16.2. The minimum Gasteiger partial charge on any atom is -0.270 e. The molecule has 4 nitrogen and oxygen atoms in total. The van der Waals surface area contributed by atoms with Crippen LogP contribution >= 0.6 is 0 Å². The maximum atomic E-state index is 12.8. The van der Waals surface area contributed by atoms with Crippen LogP contribution in [0.15, 0.2) is 85.1 Å². The summed E-state index contributed by atoms with van der Waals surface area (Å²) >= 11 is 0. The second kappa shape index (κ2) is 7.89. The lowest BCUT2D eigenvalue weighted by Crippen LogP contribution is -2.29. The smallest absolute Gasteiger partial charge is 0.261 e. The molecule has 0 N–H and O–H groups in total. The molecular formula is C28H22N2O2. The highest BCUT2D eigenvalue weighted by molar-refractivity contribution is 6.21. The van der Waals surface area contributed by atoms with Crippen LogP contribution < -0.4 is 0 Å². The fourth-order valence-electron chi connectivity index (χ4n) is 4.05. The van der Waals surface area contributed by atoms with Gasteiger partial charge in [0.15, 0.2) is 0 Å². The number of pyridine rings is 1. The maximum absolute atomic E-state index is 12.8. The average Bonchev–Trinajstić information content (AvgIpc) is 3.05. The van der Waals surface area contributed by atoms with Crippen molar-refractivity contribution in [2.24, 2.45) is 0 Å². The predicted molar refractivity (Wildman–Crippen MR) is 125 cm³/mol. The molecule has 0 aliphatic carbocycles. The van der Waals surface area contributed by atoms with Gasteiger partial charge in [0.05, 0.1) is 23.4 Å². The first-order chi connectivity index (χ1) is 15.5. The monoisotopic (exact) mass is 418 g/mol. The molecule has 0 bridgehead atoms. The van der Waals surface area contributed by atoms with E-state index in [0.29, 0.717) is 11.1 Å². The number of hydrogen-bond acceptors (Lipinski definition) is 3. The number of rotatable bonds is 4. The number of carbonyl (C=O) groups is 2. The zero-order chi connectivity index (χ0) is 22.2. The quantitative estimate of drug-likeness (QED) is 0.392. The van der Waals surface area contributed by atoms with Gasteiger partial charge in [0.1, 0.15) is 0 Å². The molecule has 0 fully saturated rings. The topological polar surface area (TPSA) is 50.3 Å². The van der Waals surface area contributed by atoms with Crippen LogP contribution in [0.2, 0.25) is 0 Å². The van der Waals surface area contributed by atoms with Gasteiger partial charge in [-0.15, -0.1) is 0 Å². The molecular weight excluding hydrogens is 396 g/mol. The van der Waals surface area contributed by atoms with Crippen molar-refractivity contribution in [1.29, 1.82) is 0 Å². The summed E-state index contributed by atoms with van der Waals surface area (Å²) < 4.78 is 0. The number of carbonyl (C=O) groups excluding carboxylic acids is 2. The number of hydrogen-bond donors (Lipinski definition) is 0. The Kier molecular flexibility index (Phi) is 4.91. The van der Waals surface area contributed by atoms with Crippen molar-refractivity contribution in [3.05, 3.63) is 113 Å². The second-order valence-corrected chi connectivity index (χ2v) is 8.21. The summed E-state index contributed by atoms with van der Waals surface area (Å²) in [5.74, 6) is -0.518. The number of benzene rings is 3. The van der Waals surface area contributed by atoms with Crippen LogP contribution in [0.5, 0.6) is 0 Å². The molecule has 156 valence electrons. The first-order valence-electron chi connectivity index (χ1n) is 10.6. The van der Waals surface area contributed by atoms with Crippen LogP contribution in [-0.2, 0) is 6.54 Å². The number of imide groups is 1. The largest absolute Gasteiger partial charge is 0.270 e. The van der Waals surface area contributed by atoms with Gasteiger partial charge >= 0.3 is 0 Å². The molecule has 1 aromatic heterocycles. The van der Waals surface area contributed by atoms with Crippen molar-refractivity contribution in [2.75, 3.05) is 0 Å². The van der Waals surface area contributed by atoms with E-state index in [0.717, 1.165) is 27.9 Å². The average molecular weight is 418 g/mol. The number of aromatic nitrogens is 1. The Morgan fingerprint density at radius 2 is 1.22 bits per heavy atom. The molecule has 0 saturated heterocycles. The zero-order valence-electron chi connectivity index (χ0n) is 18.0. The van der Waals surface area contributed by atoms with Crippen LogP contribution in [0.25, 0.3) is 22.4 Å². The van der Waals surface area contributed by atoms with Crippen LogP contribution in [0, 0.1) is 13.8 Å². The summed E-state index contributed by atoms with van der Waals surface area (Å²) in [6.45, 7) is 4.30. The highest BCUT2D eigenvalue weighted by Crippen LogP contribution is 2.33. The van der Waals surface area contributed by atoms with Crippen LogP contribution in [0.3, 0.4) is 0 Å². The van der Waals surface area contributed by atoms with Gasteiger partial charge in [-0.3, -0.25) is 19.5 Å². The van der Waals surface area contributed by atoms with E-state index in [1.807, 2.05) is 6.07 Å². The van der Waals surface area contributed by atoms with Crippen molar-refractivity contribution in [3.63, 3.8) is 0 Å². The van der Waals surface area contributed by atoms with Crippen molar-refractivity contribution in [2.45, 2.75) is 20.4 Å². The van der Waals surface area contributed by atoms with E-state index in [1.165, 1.54) is 16.0 Å². The van der Waals surface area contributed by atoms with E-state index in [-0.39, 0.29) is 18.4 Å². The molecule has 5 rings (SSSR count). The summed E-state index contributed by atoms with van der Waals surface area (Å²) in [5, 5.41) is 0. The van der Waals surface area contributed by atoms with Crippen LogP contribution in [-0.4, -0.2) is 21.7 Å². The van der Waals surface area contributed by atoms with Gasteiger partial charge < -0.3 is 0 Å². The predicted octanol–water partition coefficient (Wildman–Crippen LogP) is 5.83. The van der Waals surface area contributed by atoms with Crippen molar-refractivity contribution < 1.29 is 9.59 Å². The summed E-state index contributed by atoms with van der Waals surface area (Å²) in [6.07, 6.45) is 1.76. The minimum absolute atomic E-state index is 0.187. The second-order valence-electron chi connectivity index (χ2n) is 8.21. The van der Waals surface area contributed by atoms with Gasteiger partial charge in [-0.1, -0.05) is 71.8 Å². The molecule has 0 atom stereocenters. The van der Waals surface area contributed by atoms with Gasteiger partial charge in [0.25, 0.3) is 11.8 Å². The summed E-state index contributed by atoms with van der Waals surface area (Å²) in [5.41, 5.74) is 8.02. The standard InChI is InChI=1S/C28H22N2O2/c1-18-7-11-21(12-8-18)25-15-20(16-29-26(25)22-13-9-19(2)10-14-22)17-30-27(31)23-5-3-4-6-24(23)28(30)32/h3-16H,17H2,1-2H3. The molecule has 3 aromatic carbocycles. The Bertz CT molecular complexity index is 1300. The molecule has 4 heteroatoms. The first-order valence-corrected chi connectivity index (χ1v) is 10.6. The van der Waals surface area contributed by atoms with Gasteiger partial charge in [-0.25, -0.2) is 0 Å². The molecule has 1 aliphatic heterocycles. The number of nitrogens with zero attached hydrogens (tertiary/aromatic N) is 2. The highest BCUT2D eigenvalue weighted by Gasteiger charge is 2.35. The SMILES string of the molecule is Cc1ccc(-c2cc(CN3C(=O)c4ccccc4C3=O)cnc2-c2ccc(C)cc2)cc1. The van der Waals surface area contributed by atoms with Crippen molar-refractivity contribution in [1.82, 2.24) is 9.88 Å². The van der Waals surface area contributed by atoms with E-state index in [1.54, 1.807) is 30.5 Å². The van der Waals surface area contributed by atoms with Crippen molar-refractivity contribution in [3.8, 4) is 22.4 Å². The lowest BCUT2D eigenvalue weighted by atomic mass is 9.96. The molecule has 0 spiro atoms. The Balaban J connectivity index is 1.55. The first kappa shape index (κ1) is 19.9. The van der Waals surface area contributed by atoms with Gasteiger partial charge in [0, 0.05) is 17.3 Å². The number of amides is 2. The summed E-state index contributed by atoms with van der Waals surface area (Å²) in [4.78, 5) is 31.7. The molecule has 0 radical (unpaired) electrons. The Morgan fingerprint density at radius 3 is 1.78 bits per heavy atom. The van der Waals surface area contributed by atoms with E-state index < -0.39 is 0 Å². The summed E-state index contributed by atoms with van der Waals surface area (Å²) in [7, 11) is 0. The van der Waals surface area contributed by atoms with Crippen molar-refractivity contribution >= 4 is 11.8 Å². The van der Waals surface area contributed by atoms with Crippen LogP contribution in [0.4, 0.5) is 0 Å². The van der Waals surface area contributed by atoms with E-state index in [2.05, 4.69) is 62.4 Å². The number of aryl methyl sites for hydroxylation is 2. The van der Waals surface area contributed by atoms with Gasteiger partial charge in [-0.2, -0.15) is 0 Å². The Hall–Kier alpha value is -4.05. The lowest BCUT2D eigenvalue weighted by molar-refractivity contribution is 0.0642. The third-order valence-corrected chi connectivity index (χ3v) is 5.85. The Labute approximate surface area is 187 Å². The van der Waals surface area contributed by atoms with E-state index in [9.17, 15) is 9.59 Å². The minimum atomic E-state index is -0.259. The fraction of sp³-hybridized carbons (Fsp3) is 0.107. The maximum Gasteiger partial charge on any atom is 0.261 e. The molecule has 32 heavy (non-hydrogen) atoms. The van der Waals surface area contributed by atoms with Gasteiger partial charge in [0.2, 0.25) is 0 Å². The van der Waals surface area contributed by atoms with E-state index in [4.69, 9.17) is 4.98 Å². The number of fused-ring (bicyclic) bond motifs is 1. The molecule has 2 amide bonds.